The summed E-state index contributed by atoms with van der Waals surface area (Å²) in [5, 5.41) is 9.30. The van der Waals surface area contributed by atoms with Gasteiger partial charge < -0.3 is 9.52 Å². The average Bonchev–Trinajstić information content (AvgIpc) is 2.77. The number of rotatable bonds is 3. The van der Waals surface area contributed by atoms with E-state index in [2.05, 4.69) is 0 Å². The van der Waals surface area contributed by atoms with E-state index < -0.39 is 5.97 Å². The highest BCUT2D eigenvalue weighted by Crippen LogP contribution is 2.27. The Hall–Kier alpha value is -2.00. The minimum atomic E-state index is -0.992. The van der Waals surface area contributed by atoms with E-state index in [4.69, 9.17) is 21.1 Å². The molecule has 0 bridgehead atoms. The van der Waals surface area contributed by atoms with Crippen molar-refractivity contribution in [1.29, 1.82) is 0 Å². The Morgan fingerprint density at radius 3 is 2.78 bits per heavy atom. The minimum absolute atomic E-state index is 0.535. The van der Waals surface area contributed by atoms with Gasteiger partial charge in [0.25, 0.3) is 0 Å². The first kappa shape index (κ1) is 12.5. The molecule has 4 heteroatoms. The summed E-state index contributed by atoms with van der Waals surface area (Å²) < 4.78 is 5.60. The molecule has 0 aliphatic heterocycles. The van der Waals surface area contributed by atoms with Crippen molar-refractivity contribution in [2.75, 3.05) is 0 Å². The molecule has 2 aromatic rings. The van der Waals surface area contributed by atoms with Crippen LogP contribution in [0.1, 0.15) is 12.7 Å². The number of aliphatic carboxylic acids is 1. The van der Waals surface area contributed by atoms with Crippen LogP contribution in [0.2, 0.25) is 5.02 Å². The minimum Gasteiger partial charge on any atom is -0.478 e. The van der Waals surface area contributed by atoms with Gasteiger partial charge >= 0.3 is 5.97 Å². The quantitative estimate of drug-likeness (QED) is 0.848. The van der Waals surface area contributed by atoms with E-state index in [1.807, 2.05) is 12.1 Å². The Morgan fingerprint density at radius 2 is 2.11 bits per heavy atom. The van der Waals surface area contributed by atoms with Crippen LogP contribution in [0.25, 0.3) is 16.9 Å². The lowest BCUT2D eigenvalue weighted by atomic mass is 10.2. The lowest BCUT2D eigenvalue weighted by Crippen LogP contribution is -1.88. The van der Waals surface area contributed by atoms with Gasteiger partial charge in [-0.2, -0.15) is 0 Å². The molecule has 1 N–H and O–H groups in total. The van der Waals surface area contributed by atoms with Crippen LogP contribution in [0.4, 0.5) is 0 Å². The molecule has 2 rings (SSSR count). The van der Waals surface area contributed by atoms with Gasteiger partial charge in [0.1, 0.15) is 11.5 Å². The first-order valence-electron chi connectivity index (χ1n) is 5.33. The second-order valence-corrected chi connectivity index (χ2v) is 4.28. The number of halogens is 1. The average molecular weight is 263 g/mol. The Morgan fingerprint density at radius 1 is 1.33 bits per heavy atom. The molecule has 0 spiro atoms. The van der Waals surface area contributed by atoms with E-state index in [0.717, 1.165) is 11.6 Å². The maximum absolute atomic E-state index is 10.6. The number of hydrogen-bond donors (Lipinski definition) is 1. The molecular weight excluding hydrogens is 252 g/mol. The van der Waals surface area contributed by atoms with Gasteiger partial charge in [-0.05, 0) is 36.8 Å². The Labute approximate surface area is 109 Å². The first-order chi connectivity index (χ1) is 8.56. The summed E-state index contributed by atoms with van der Waals surface area (Å²) in [7, 11) is 0. The van der Waals surface area contributed by atoms with E-state index in [9.17, 15) is 4.79 Å². The standard InChI is InChI=1S/C14H11ClO3/c1-9(7-14(16)17)12-5-6-13(18-12)10-3-2-4-11(15)8-10/h2-8H,1H3,(H,16,17)/b9-7+. The van der Waals surface area contributed by atoms with Gasteiger partial charge in [0.2, 0.25) is 0 Å². The molecule has 0 radical (unpaired) electrons. The Kier molecular flexibility index (Phi) is 3.53. The van der Waals surface area contributed by atoms with Crippen LogP contribution in [0, 0.1) is 0 Å². The maximum atomic E-state index is 10.6. The number of hydrogen-bond acceptors (Lipinski definition) is 2. The van der Waals surface area contributed by atoms with Gasteiger partial charge in [0, 0.05) is 16.7 Å². The predicted molar refractivity (Wildman–Crippen MR) is 70.4 cm³/mol. The predicted octanol–water partition coefficient (Wildman–Crippen LogP) is 4.09. The molecule has 1 heterocycles. The molecule has 0 fully saturated rings. The van der Waals surface area contributed by atoms with E-state index in [-0.39, 0.29) is 0 Å². The number of allylic oxidation sites excluding steroid dienone is 1. The zero-order chi connectivity index (χ0) is 13.1. The zero-order valence-corrected chi connectivity index (χ0v) is 10.4. The monoisotopic (exact) mass is 262 g/mol. The third-order valence-electron chi connectivity index (χ3n) is 2.44. The zero-order valence-electron chi connectivity index (χ0n) is 9.68. The highest BCUT2D eigenvalue weighted by atomic mass is 35.5. The van der Waals surface area contributed by atoms with Gasteiger partial charge in [-0.25, -0.2) is 4.79 Å². The van der Waals surface area contributed by atoms with Crippen LogP contribution in [0.5, 0.6) is 0 Å². The van der Waals surface area contributed by atoms with E-state index in [0.29, 0.717) is 22.1 Å². The third kappa shape index (κ3) is 2.81. The molecule has 92 valence electrons. The fraction of sp³-hybridized carbons (Fsp3) is 0.0714. The smallest absolute Gasteiger partial charge is 0.328 e. The normalized spacial score (nSPS) is 11.6. The fourth-order valence-electron chi connectivity index (χ4n) is 1.60. The molecule has 0 amide bonds. The number of furan rings is 1. The summed E-state index contributed by atoms with van der Waals surface area (Å²) in [5.41, 5.74) is 1.42. The molecule has 18 heavy (non-hydrogen) atoms. The summed E-state index contributed by atoms with van der Waals surface area (Å²) >= 11 is 5.90. The summed E-state index contributed by atoms with van der Waals surface area (Å²) in [6, 6.07) is 10.8. The number of carboxylic acid groups (broad SMARTS) is 1. The molecule has 0 saturated heterocycles. The lowest BCUT2D eigenvalue weighted by Gasteiger charge is -1.98. The second-order valence-electron chi connectivity index (χ2n) is 3.84. The van der Waals surface area contributed by atoms with Crippen LogP contribution in [0.3, 0.4) is 0 Å². The summed E-state index contributed by atoms with van der Waals surface area (Å²) in [6.07, 6.45) is 1.11. The highest BCUT2D eigenvalue weighted by molar-refractivity contribution is 6.30. The van der Waals surface area contributed by atoms with E-state index >= 15 is 0 Å². The van der Waals surface area contributed by atoms with Gasteiger partial charge in [-0.3, -0.25) is 0 Å². The van der Waals surface area contributed by atoms with Gasteiger partial charge in [0.15, 0.2) is 0 Å². The lowest BCUT2D eigenvalue weighted by molar-refractivity contribution is -0.131. The number of carboxylic acids is 1. The summed E-state index contributed by atoms with van der Waals surface area (Å²) in [5.74, 6) is 0.200. The number of carbonyl (C=O) groups is 1. The Balaban J connectivity index is 2.34. The van der Waals surface area contributed by atoms with Gasteiger partial charge in [0.05, 0.1) is 0 Å². The first-order valence-corrected chi connectivity index (χ1v) is 5.71. The van der Waals surface area contributed by atoms with Crippen LogP contribution in [-0.4, -0.2) is 11.1 Å². The largest absolute Gasteiger partial charge is 0.478 e. The number of benzene rings is 1. The highest BCUT2D eigenvalue weighted by Gasteiger charge is 2.07. The molecule has 3 nitrogen and oxygen atoms in total. The van der Waals surface area contributed by atoms with Crippen LogP contribution in [-0.2, 0) is 4.79 Å². The van der Waals surface area contributed by atoms with Crippen molar-refractivity contribution in [3.05, 3.63) is 53.3 Å². The van der Waals surface area contributed by atoms with Crippen molar-refractivity contribution in [3.63, 3.8) is 0 Å². The Bertz CT molecular complexity index is 611. The molecule has 1 aromatic carbocycles. The van der Waals surface area contributed by atoms with Crippen LogP contribution in [0.15, 0.2) is 46.9 Å². The van der Waals surface area contributed by atoms with Gasteiger partial charge in [-0.15, -0.1) is 0 Å². The van der Waals surface area contributed by atoms with Crippen molar-refractivity contribution in [2.45, 2.75) is 6.92 Å². The topological polar surface area (TPSA) is 50.4 Å². The van der Waals surface area contributed by atoms with Crippen LogP contribution < -0.4 is 0 Å². The van der Waals surface area contributed by atoms with Crippen molar-refractivity contribution >= 4 is 23.1 Å². The molecule has 1 aromatic heterocycles. The molecule has 0 saturated carbocycles. The molecule has 0 aliphatic rings. The van der Waals surface area contributed by atoms with E-state index in [1.165, 1.54) is 0 Å². The summed E-state index contributed by atoms with van der Waals surface area (Å²) in [4.78, 5) is 10.6. The second kappa shape index (κ2) is 5.10. The summed E-state index contributed by atoms with van der Waals surface area (Å²) in [6.45, 7) is 1.69. The van der Waals surface area contributed by atoms with E-state index in [1.54, 1.807) is 31.2 Å². The fourth-order valence-corrected chi connectivity index (χ4v) is 1.79. The molecule has 0 atom stereocenters. The van der Waals surface area contributed by atoms with Crippen molar-refractivity contribution in [3.8, 4) is 11.3 Å². The molecular formula is C14H11ClO3. The SMILES string of the molecule is C/C(=C\C(=O)O)c1ccc(-c2cccc(Cl)c2)o1. The van der Waals surface area contributed by atoms with Crippen molar-refractivity contribution < 1.29 is 14.3 Å². The maximum Gasteiger partial charge on any atom is 0.328 e. The van der Waals surface area contributed by atoms with Crippen LogP contribution >= 0.6 is 11.6 Å². The van der Waals surface area contributed by atoms with Crippen molar-refractivity contribution in [2.24, 2.45) is 0 Å². The molecule has 0 unspecified atom stereocenters. The van der Waals surface area contributed by atoms with Gasteiger partial charge in [-0.1, -0.05) is 23.7 Å². The van der Waals surface area contributed by atoms with Crippen molar-refractivity contribution in [1.82, 2.24) is 0 Å². The third-order valence-corrected chi connectivity index (χ3v) is 2.68. The molecule has 0 aliphatic carbocycles.